The lowest BCUT2D eigenvalue weighted by Crippen LogP contribution is -2.33. The third kappa shape index (κ3) is 4.51. The summed E-state index contributed by atoms with van der Waals surface area (Å²) < 4.78 is 5.32. The van der Waals surface area contributed by atoms with Gasteiger partial charge in [-0.15, -0.1) is 0 Å². The molecule has 0 aromatic heterocycles. The van der Waals surface area contributed by atoms with Crippen molar-refractivity contribution in [2.45, 2.75) is 27.7 Å². The lowest BCUT2D eigenvalue weighted by Gasteiger charge is -2.23. The van der Waals surface area contributed by atoms with Gasteiger partial charge in [-0.2, -0.15) is 0 Å². The van der Waals surface area contributed by atoms with Crippen LogP contribution >= 0.6 is 0 Å². The summed E-state index contributed by atoms with van der Waals surface area (Å²) in [6.07, 6.45) is 0. The Hall–Kier alpha value is -2.49. The second-order valence-electron chi connectivity index (χ2n) is 6.11. The largest absolute Gasteiger partial charge is 0.495 e. The van der Waals surface area contributed by atoms with Crippen molar-refractivity contribution >= 4 is 17.3 Å². The second kappa shape index (κ2) is 7.86. The summed E-state index contributed by atoms with van der Waals surface area (Å²) in [7, 11) is 1.61. The van der Waals surface area contributed by atoms with E-state index in [0.29, 0.717) is 18.0 Å². The molecule has 2 aromatic carbocycles. The van der Waals surface area contributed by atoms with E-state index in [1.165, 1.54) is 11.1 Å². The molecule has 1 N–H and O–H groups in total. The number of benzene rings is 2. The zero-order chi connectivity index (χ0) is 17.7. The van der Waals surface area contributed by atoms with Crippen LogP contribution in [0.15, 0.2) is 36.4 Å². The van der Waals surface area contributed by atoms with Crippen molar-refractivity contribution in [3.63, 3.8) is 0 Å². The average molecular weight is 326 g/mol. The van der Waals surface area contributed by atoms with Crippen molar-refractivity contribution < 1.29 is 9.53 Å². The van der Waals surface area contributed by atoms with Crippen molar-refractivity contribution in [3.05, 3.63) is 53.1 Å². The number of hydrogen-bond acceptors (Lipinski definition) is 3. The Morgan fingerprint density at radius 2 is 1.71 bits per heavy atom. The first-order valence-electron chi connectivity index (χ1n) is 8.20. The number of nitrogens with zero attached hydrogens (tertiary/aromatic N) is 1. The number of amides is 1. The van der Waals surface area contributed by atoms with Crippen LogP contribution in [0, 0.1) is 20.8 Å². The molecule has 0 unspecified atom stereocenters. The number of hydrogen-bond donors (Lipinski definition) is 1. The topological polar surface area (TPSA) is 41.6 Å². The molecule has 0 saturated carbocycles. The molecule has 0 saturated heterocycles. The van der Waals surface area contributed by atoms with E-state index in [1.807, 2.05) is 25.1 Å². The summed E-state index contributed by atoms with van der Waals surface area (Å²) in [5.41, 5.74) is 5.25. The highest BCUT2D eigenvalue weighted by atomic mass is 16.5. The number of likely N-dealkylation sites (N-methyl/N-ethyl adjacent to an activating group) is 1. The third-order valence-electron chi connectivity index (χ3n) is 3.92. The number of aryl methyl sites for hydroxylation is 3. The minimum Gasteiger partial charge on any atom is -0.495 e. The quantitative estimate of drug-likeness (QED) is 0.869. The first kappa shape index (κ1) is 17.9. The van der Waals surface area contributed by atoms with Crippen molar-refractivity contribution in [1.82, 2.24) is 0 Å². The number of ether oxygens (including phenoxy) is 1. The predicted octanol–water partition coefficient (Wildman–Crippen LogP) is 4.09. The Labute approximate surface area is 144 Å². The molecule has 0 aliphatic heterocycles. The molecule has 0 aliphatic carbocycles. The zero-order valence-electron chi connectivity index (χ0n) is 15.1. The van der Waals surface area contributed by atoms with Gasteiger partial charge in [0.15, 0.2) is 0 Å². The van der Waals surface area contributed by atoms with Gasteiger partial charge in [-0.1, -0.05) is 12.1 Å². The summed E-state index contributed by atoms with van der Waals surface area (Å²) in [6.45, 7) is 9.25. The van der Waals surface area contributed by atoms with Crippen molar-refractivity contribution in [3.8, 4) is 5.75 Å². The SMILES string of the molecule is CCN(CC(=O)Nc1cc(C)ccc1OC)c1cc(C)cc(C)c1. The Morgan fingerprint density at radius 1 is 1.04 bits per heavy atom. The Kier molecular flexibility index (Phi) is 5.85. The molecule has 0 bridgehead atoms. The van der Waals surface area contributed by atoms with Gasteiger partial charge in [0, 0.05) is 12.2 Å². The highest BCUT2D eigenvalue weighted by Gasteiger charge is 2.13. The van der Waals surface area contributed by atoms with Gasteiger partial charge in [0.1, 0.15) is 5.75 Å². The fourth-order valence-electron chi connectivity index (χ4n) is 2.80. The summed E-state index contributed by atoms with van der Waals surface area (Å²) in [5, 5.41) is 2.96. The number of anilines is 2. The minimum absolute atomic E-state index is 0.0556. The number of methoxy groups -OCH3 is 1. The Balaban J connectivity index is 2.14. The molecule has 2 aromatic rings. The average Bonchev–Trinajstić information content (AvgIpc) is 2.52. The highest BCUT2D eigenvalue weighted by Crippen LogP contribution is 2.25. The van der Waals surface area contributed by atoms with Crippen LogP contribution in [0.5, 0.6) is 5.75 Å². The van der Waals surface area contributed by atoms with Gasteiger partial charge in [0.25, 0.3) is 0 Å². The molecule has 0 heterocycles. The molecule has 0 radical (unpaired) electrons. The molecule has 2 rings (SSSR count). The Bertz CT molecular complexity index is 705. The number of rotatable bonds is 6. The fraction of sp³-hybridized carbons (Fsp3) is 0.350. The molecule has 0 atom stereocenters. The van der Waals surface area contributed by atoms with Crippen LogP contribution in [0.1, 0.15) is 23.6 Å². The van der Waals surface area contributed by atoms with Crippen LogP contribution in [-0.2, 0) is 4.79 Å². The zero-order valence-corrected chi connectivity index (χ0v) is 15.1. The van der Waals surface area contributed by atoms with E-state index in [2.05, 4.69) is 49.2 Å². The van der Waals surface area contributed by atoms with Crippen LogP contribution in [-0.4, -0.2) is 26.1 Å². The van der Waals surface area contributed by atoms with E-state index in [4.69, 9.17) is 4.74 Å². The molecular formula is C20H26N2O2. The molecule has 0 spiro atoms. The fourth-order valence-corrected chi connectivity index (χ4v) is 2.80. The minimum atomic E-state index is -0.0556. The van der Waals surface area contributed by atoms with E-state index in [-0.39, 0.29) is 5.91 Å². The molecule has 24 heavy (non-hydrogen) atoms. The molecule has 0 fully saturated rings. The maximum Gasteiger partial charge on any atom is 0.243 e. The second-order valence-corrected chi connectivity index (χ2v) is 6.11. The smallest absolute Gasteiger partial charge is 0.243 e. The van der Waals surface area contributed by atoms with E-state index in [1.54, 1.807) is 7.11 Å². The third-order valence-corrected chi connectivity index (χ3v) is 3.92. The summed E-state index contributed by atoms with van der Waals surface area (Å²) in [4.78, 5) is 14.6. The summed E-state index contributed by atoms with van der Waals surface area (Å²) in [6, 6.07) is 12.1. The van der Waals surface area contributed by atoms with E-state index in [0.717, 1.165) is 17.8 Å². The van der Waals surface area contributed by atoms with Gasteiger partial charge in [-0.05, 0) is 68.7 Å². The van der Waals surface area contributed by atoms with Gasteiger partial charge in [0.2, 0.25) is 5.91 Å². The standard InChI is InChI=1S/C20H26N2O2/c1-6-22(17-10-15(3)9-16(4)11-17)13-20(23)21-18-12-14(2)7-8-19(18)24-5/h7-12H,6,13H2,1-5H3,(H,21,23). The van der Waals surface area contributed by atoms with Crippen LogP contribution in [0.3, 0.4) is 0 Å². The van der Waals surface area contributed by atoms with Gasteiger partial charge in [-0.3, -0.25) is 4.79 Å². The van der Waals surface area contributed by atoms with Crippen LogP contribution in [0.2, 0.25) is 0 Å². The maximum atomic E-state index is 12.5. The van der Waals surface area contributed by atoms with Crippen molar-refractivity contribution in [2.75, 3.05) is 30.4 Å². The molecule has 4 nitrogen and oxygen atoms in total. The first-order chi connectivity index (χ1) is 11.4. The maximum absolute atomic E-state index is 12.5. The lowest BCUT2D eigenvalue weighted by molar-refractivity contribution is -0.115. The van der Waals surface area contributed by atoms with Crippen molar-refractivity contribution in [2.24, 2.45) is 0 Å². The van der Waals surface area contributed by atoms with E-state index < -0.39 is 0 Å². The van der Waals surface area contributed by atoms with Gasteiger partial charge >= 0.3 is 0 Å². The lowest BCUT2D eigenvalue weighted by atomic mass is 10.1. The molecule has 1 amide bonds. The highest BCUT2D eigenvalue weighted by molar-refractivity contribution is 5.95. The van der Waals surface area contributed by atoms with Gasteiger partial charge in [-0.25, -0.2) is 0 Å². The van der Waals surface area contributed by atoms with Gasteiger partial charge < -0.3 is 15.0 Å². The summed E-state index contributed by atoms with van der Waals surface area (Å²) in [5.74, 6) is 0.614. The normalized spacial score (nSPS) is 10.4. The van der Waals surface area contributed by atoms with Crippen molar-refractivity contribution in [1.29, 1.82) is 0 Å². The molecular weight excluding hydrogens is 300 g/mol. The van der Waals surface area contributed by atoms with E-state index in [9.17, 15) is 4.79 Å². The van der Waals surface area contributed by atoms with Crippen LogP contribution in [0.4, 0.5) is 11.4 Å². The molecule has 0 aliphatic rings. The monoisotopic (exact) mass is 326 g/mol. The molecule has 128 valence electrons. The molecule has 4 heteroatoms. The van der Waals surface area contributed by atoms with E-state index >= 15 is 0 Å². The predicted molar refractivity (Wildman–Crippen MR) is 100 cm³/mol. The number of carbonyl (C=O) groups excluding carboxylic acids is 1. The first-order valence-corrected chi connectivity index (χ1v) is 8.20. The number of nitrogens with one attached hydrogen (secondary N) is 1. The Morgan fingerprint density at radius 3 is 2.29 bits per heavy atom. The van der Waals surface area contributed by atoms with Crippen LogP contribution in [0.25, 0.3) is 0 Å². The van der Waals surface area contributed by atoms with Gasteiger partial charge in [0.05, 0.1) is 19.3 Å². The summed E-state index contributed by atoms with van der Waals surface area (Å²) >= 11 is 0. The van der Waals surface area contributed by atoms with Crippen LogP contribution < -0.4 is 15.0 Å². The number of carbonyl (C=O) groups is 1.